The minimum absolute atomic E-state index is 0.0398. The molecule has 3 atom stereocenters. The van der Waals surface area contributed by atoms with E-state index in [4.69, 9.17) is 5.10 Å². The first kappa shape index (κ1) is 21.4. The Bertz CT molecular complexity index is 1180. The van der Waals surface area contributed by atoms with Crippen molar-refractivity contribution in [3.63, 3.8) is 0 Å². The van der Waals surface area contributed by atoms with Gasteiger partial charge in [-0.1, -0.05) is 15.5 Å². The highest BCUT2D eigenvalue weighted by molar-refractivity contribution is 7.51. The van der Waals surface area contributed by atoms with Crippen LogP contribution in [0.5, 0.6) is 0 Å². The van der Waals surface area contributed by atoms with Gasteiger partial charge < -0.3 is 14.7 Å². The number of piperazine rings is 1. The molecule has 2 aromatic rings. The van der Waals surface area contributed by atoms with Crippen LogP contribution >= 0.6 is 8.58 Å². The predicted molar refractivity (Wildman–Crippen MR) is 130 cm³/mol. The van der Waals surface area contributed by atoms with Crippen molar-refractivity contribution >= 4 is 25.3 Å². The van der Waals surface area contributed by atoms with Crippen LogP contribution in [0.2, 0.25) is 0 Å². The fourth-order valence-corrected chi connectivity index (χ4v) is 6.15. The van der Waals surface area contributed by atoms with Gasteiger partial charge in [-0.25, -0.2) is 4.52 Å². The monoisotopic (exact) mass is 450 g/mol. The Hall–Kier alpha value is -2.50. The molecule has 7 nitrogen and oxygen atoms in total. The summed E-state index contributed by atoms with van der Waals surface area (Å²) in [6.45, 7) is 11.5. The van der Waals surface area contributed by atoms with E-state index in [0.717, 1.165) is 59.7 Å². The molecule has 5 heterocycles. The molecule has 5 rings (SSSR count). The van der Waals surface area contributed by atoms with E-state index in [1.165, 1.54) is 5.57 Å². The number of amides is 1. The number of rotatable bonds is 3. The van der Waals surface area contributed by atoms with Gasteiger partial charge in [0, 0.05) is 43.3 Å². The van der Waals surface area contributed by atoms with Crippen LogP contribution in [0, 0.1) is 6.92 Å². The highest BCUT2D eigenvalue weighted by atomic mass is 31.1. The third-order valence-corrected chi connectivity index (χ3v) is 8.48. The van der Waals surface area contributed by atoms with Gasteiger partial charge in [-0.15, -0.1) is 0 Å². The molecule has 0 saturated carbocycles. The number of aryl methyl sites for hydroxylation is 2. The quantitative estimate of drug-likeness (QED) is 0.672. The van der Waals surface area contributed by atoms with Gasteiger partial charge in [-0.05, 0) is 52.0 Å². The fourth-order valence-electron chi connectivity index (χ4n) is 4.73. The molecule has 2 aromatic heterocycles. The average molecular weight is 451 g/mol. The maximum atomic E-state index is 13.2. The number of fused-ring (bicyclic) bond motifs is 2. The number of hydrogen-bond acceptors (Lipinski definition) is 5. The molecule has 8 heteroatoms. The smallest absolute Gasteiger partial charge is 0.252 e. The first-order valence-corrected chi connectivity index (χ1v) is 12.4. The van der Waals surface area contributed by atoms with Gasteiger partial charge in [0.1, 0.15) is 0 Å². The minimum Gasteiger partial charge on any atom is -0.368 e. The highest BCUT2D eigenvalue weighted by Crippen LogP contribution is 2.47. The molecule has 0 spiro atoms. The molecule has 0 aliphatic carbocycles. The van der Waals surface area contributed by atoms with Gasteiger partial charge >= 0.3 is 0 Å². The van der Waals surface area contributed by atoms with Crippen molar-refractivity contribution in [2.24, 2.45) is 0 Å². The summed E-state index contributed by atoms with van der Waals surface area (Å²) >= 11 is 0. The van der Waals surface area contributed by atoms with E-state index >= 15 is 0 Å². The van der Waals surface area contributed by atoms with Crippen molar-refractivity contribution in [2.45, 2.75) is 45.9 Å². The van der Waals surface area contributed by atoms with E-state index in [1.807, 2.05) is 22.5 Å². The number of aromatic nitrogens is 3. The molecule has 0 radical (unpaired) electrons. The maximum absolute atomic E-state index is 13.2. The Morgan fingerprint density at radius 2 is 2.03 bits per heavy atom. The molecule has 0 aromatic carbocycles. The first-order valence-electron chi connectivity index (χ1n) is 11.4. The average Bonchev–Trinajstić information content (AvgIpc) is 3.19. The van der Waals surface area contributed by atoms with Gasteiger partial charge in [-0.2, -0.15) is 5.10 Å². The molecular weight excluding hydrogens is 419 g/mol. The molecule has 32 heavy (non-hydrogen) atoms. The van der Waals surface area contributed by atoms with Crippen LogP contribution in [0.1, 0.15) is 37.9 Å². The van der Waals surface area contributed by atoms with E-state index in [9.17, 15) is 4.79 Å². The van der Waals surface area contributed by atoms with Gasteiger partial charge in [0.25, 0.3) is 5.91 Å². The highest BCUT2D eigenvalue weighted by Gasteiger charge is 2.34. The molecule has 2 unspecified atom stereocenters. The van der Waals surface area contributed by atoms with Crippen LogP contribution < -0.4 is 0 Å². The predicted octanol–water partition coefficient (Wildman–Crippen LogP) is 3.23. The molecule has 3 aliphatic heterocycles. The van der Waals surface area contributed by atoms with Crippen LogP contribution in [0.3, 0.4) is 0 Å². The lowest BCUT2D eigenvalue weighted by molar-refractivity contribution is -0.124. The van der Waals surface area contributed by atoms with Crippen LogP contribution in [-0.4, -0.2) is 73.7 Å². The molecule has 0 bridgehead atoms. The Morgan fingerprint density at radius 3 is 2.78 bits per heavy atom. The SMILES string of the molecule is CCc1nc(C)cn2nc(C3=CC(=O)N4C=C(N5CCN(C)[C@H](C)C5)C=C(C)C4P3)cc12. The summed E-state index contributed by atoms with van der Waals surface area (Å²) in [6.07, 6.45) is 8.92. The lowest BCUT2D eigenvalue weighted by atomic mass is 10.1. The summed E-state index contributed by atoms with van der Waals surface area (Å²) in [5.74, 6) is 0.115. The van der Waals surface area contributed by atoms with Gasteiger partial charge in [0.15, 0.2) is 0 Å². The van der Waals surface area contributed by atoms with Crippen LogP contribution in [0.15, 0.2) is 41.9 Å². The van der Waals surface area contributed by atoms with Crippen molar-refractivity contribution in [3.05, 3.63) is 59.0 Å². The van der Waals surface area contributed by atoms with Gasteiger partial charge in [0.2, 0.25) is 0 Å². The second-order valence-electron chi connectivity index (χ2n) is 9.11. The number of hydrogen-bond donors (Lipinski definition) is 0. The number of nitrogens with zero attached hydrogens (tertiary/aromatic N) is 6. The Labute approximate surface area is 191 Å². The van der Waals surface area contributed by atoms with E-state index in [2.05, 4.69) is 60.9 Å². The van der Waals surface area contributed by atoms with E-state index in [-0.39, 0.29) is 11.7 Å². The number of carbonyl (C=O) groups excluding carboxylic acids is 1. The zero-order chi connectivity index (χ0) is 22.6. The van der Waals surface area contributed by atoms with Crippen molar-refractivity contribution in [2.75, 3.05) is 26.7 Å². The fraction of sp³-hybridized carbons (Fsp3) is 0.458. The van der Waals surface area contributed by atoms with Crippen LogP contribution in [0.25, 0.3) is 10.8 Å². The van der Waals surface area contributed by atoms with Gasteiger partial charge in [-0.3, -0.25) is 9.78 Å². The topological polar surface area (TPSA) is 57.0 Å². The Kier molecular flexibility index (Phi) is 5.42. The van der Waals surface area contributed by atoms with Crippen LogP contribution in [0.4, 0.5) is 0 Å². The standard InChI is InChI=1S/C24H31N6OP/c1-6-19-21-10-20(26-30(21)12-16(3)25-19)22-11-23(31)29-14-18(9-15(2)24(29)32-22)28-8-7-27(5)17(4)13-28/h9-12,14,17,24,32H,6-8,13H2,1-5H3/t17-,24?/m1/s1. The molecule has 1 fully saturated rings. The maximum Gasteiger partial charge on any atom is 0.252 e. The summed E-state index contributed by atoms with van der Waals surface area (Å²) < 4.78 is 1.91. The number of allylic oxidation sites excluding steroid dienone is 1. The molecule has 1 amide bonds. The van der Waals surface area contributed by atoms with E-state index < -0.39 is 0 Å². The zero-order valence-corrected chi connectivity index (χ0v) is 20.5. The van der Waals surface area contributed by atoms with Crippen molar-refractivity contribution < 1.29 is 4.79 Å². The van der Waals surface area contributed by atoms with E-state index in [0.29, 0.717) is 14.6 Å². The lowest BCUT2D eigenvalue weighted by Gasteiger charge is -2.43. The summed E-state index contributed by atoms with van der Waals surface area (Å²) in [4.78, 5) is 24.6. The Balaban J connectivity index is 1.45. The normalized spacial score (nSPS) is 25.2. The minimum atomic E-state index is 0.0398. The summed E-state index contributed by atoms with van der Waals surface area (Å²) in [5, 5.41) is 5.83. The number of likely N-dealkylation sites (N-methyl/N-ethyl adjacent to an activating group) is 1. The molecule has 0 N–H and O–H groups in total. The van der Waals surface area contributed by atoms with E-state index in [1.54, 1.807) is 6.08 Å². The number of carbonyl (C=O) groups is 1. The summed E-state index contributed by atoms with van der Waals surface area (Å²) in [7, 11) is 2.64. The van der Waals surface area contributed by atoms with Crippen molar-refractivity contribution in [1.82, 2.24) is 29.3 Å². The first-order chi connectivity index (χ1) is 15.3. The second-order valence-corrected chi connectivity index (χ2v) is 10.5. The van der Waals surface area contributed by atoms with Gasteiger partial charge in [0.05, 0.1) is 40.3 Å². The summed E-state index contributed by atoms with van der Waals surface area (Å²) in [5.41, 5.74) is 6.29. The third kappa shape index (κ3) is 3.67. The van der Waals surface area contributed by atoms with Crippen molar-refractivity contribution in [1.29, 1.82) is 0 Å². The lowest BCUT2D eigenvalue weighted by Crippen LogP contribution is -2.50. The third-order valence-electron chi connectivity index (χ3n) is 6.76. The molecule has 1 saturated heterocycles. The molecule has 168 valence electrons. The van der Waals surface area contributed by atoms with Crippen molar-refractivity contribution in [3.8, 4) is 0 Å². The van der Waals surface area contributed by atoms with Crippen LogP contribution in [-0.2, 0) is 11.2 Å². The molecule has 3 aliphatic rings. The second kappa shape index (κ2) is 8.13. The molecular formula is C24H31N6OP. The largest absolute Gasteiger partial charge is 0.368 e. The zero-order valence-electron chi connectivity index (χ0n) is 19.5. The summed E-state index contributed by atoms with van der Waals surface area (Å²) in [6, 6.07) is 2.59. The Morgan fingerprint density at radius 1 is 1.22 bits per heavy atom.